The van der Waals surface area contributed by atoms with Crippen LogP contribution in [0.5, 0.6) is 0 Å². The lowest BCUT2D eigenvalue weighted by atomic mass is 10.2. The highest BCUT2D eigenvalue weighted by atomic mass is 35.5. The van der Waals surface area contributed by atoms with Crippen molar-refractivity contribution >= 4 is 30.4 Å². The van der Waals surface area contributed by atoms with Gasteiger partial charge in [-0.3, -0.25) is 9.59 Å². The summed E-state index contributed by atoms with van der Waals surface area (Å²) in [5.74, 6) is -0.851. The lowest BCUT2D eigenvalue weighted by molar-refractivity contribution is -0.144. The van der Waals surface area contributed by atoms with Crippen LogP contribution in [-0.4, -0.2) is 47.9 Å². The second-order valence-corrected chi connectivity index (χ2v) is 6.99. The Bertz CT molecular complexity index is 619. The van der Waals surface area contributed by atoms with Gasteiger partial charge in [-0.25, -0.2) is 4.79 Å². The molecular weight excluding hydrogens is 388 g/mol. The molecule has 0 aliphatic carbocycles. The van der Waals surface area contributed by atoms with E-state index in [1.165, 1.54) is 0 Å². The number of benzene rings is 1. The molecule has 28 heavy (non-hydrogen) atoms. The SMILES string of the molecule is CC(C)(C)OC(=O)NCC(O)CC(=O)NCCC(=O)OCc1ccccc1.Cl. The van der Waals surface area contributed by atoms with Crippen molar-refractivity contribution in [2.45, 2.75) is 51.9 Å². The number of hydrogen-bond acceptors (Lipinski definition) is 6. The van der Waals surface area contributed by atoms with Gasteiger partial charge >= 0.3 is 12.1 Å². The molecule has 2 amide bonds. The molecule has 1 unspecified atom stereocenters. The van der Waals surface area contributed by atoms with E-state index >= 15 is 0 Å². The molecule has 0 bridgehead atoms. The van der Waals surface area contributed by atoms with Crippen molar-refractivity contribution < 1.29 is 29.0 Å². The Labute approximate surface area is 171 Å². The fourth-order valence-corrected chi connectivity index (χ4v) is 1.99. The van der Waals surface area contributed by atoms with E-state index in [4.69, 9.17) is 9.47 Å². The van der Waals surface area contributed by atoms with Gasteiger partial charge in [-0.15, -0.1) is 12.4 Å². The van der Waals surface area contributed by atoms with Crippen molar-refractivity contribution in [1.82, 2.24) is 10.6 Å². The van der Waals surface area contributed by atoms with Crippen LogP contribution in [-0.2, 0) is 25.7 Å². The normalized spacial score (nSPS) is 11.6. The maximum absolute atomic E-state index is 11.7. The van der Waals surface area contributed by atoms with E-state index in [1.54, 1.807) is 20.8 Å². The highest BCUT2D eigenvalue weighted by molar-refractivity contribution is 5.85. The summed E-state index contributed by atoms with van der Waals surface area (Å²) >= 11 is 0. The van der Waals surface area contributed by atoms with Crippen LogP contribution in [0.25, 0.3) is 0 Å². The molecule has 0 aliphatic heterocycles. The zero-order valence-corrected chi connectivity index (χ0v) is 17.2. The molecule has 158 valence electrons. The van der Waals surface area contributed by atoms with Crippen LogP contribution in [0.2, 0.25) is 0 Å². The standard InChI is InChI=1S/C19H28N2O6.ClH/c1-19(2,3)27-18(25)21-12-15(22)11-16(23)20-10-9-17(24)26-13-14-7-5-4-6-8-14;/h4-8,15,22H,9-13H2,1-3H3,(H,20,23)(H,21,25);1H. The van der Waals surface area contributed by atoms with Crippen LogP contribution >= 0.6 is 12.4 Å². The zero-order valence-electron chi connectivity index (χ0n) is 16.4. The third-order valence-corrected chi connectivity index (χ3v) is 3.20. The molecule has 1 aromatic carbocycles. The van der Waals surface area contributed by atoms with Gasteiger partial charge in [0.05, 0.1) is 18.9 Å². The number of amides is 2. The molecule has 9 heteroatoms. The van der Waals surface area contributed by atoms with Gasteiger partial charge in [0.25, 0.3) is 0 Å². The van der Waals surface area contributed by atoms with Crippen LogP contribution in [0, 0.1) is 0 Å². The molecule has 8 nitrogen and oxygen atoms in total. The molecule has 0 aromatic heterocycles. The Balaban J connectivity index is 0.00000729. The number of hydrogen-bond donors (Lipinski definition) is 3. The smallest absolute Gasteiger partial charge is 0.407 e. The van der Waals surface area contributed by atoms with Crippen molar-refractivity contribution in [3.8, 4) is 0 Å². The molecule has 1 rings (SSSR count). The third-order valence-electron chi connectivity index (χ3n) is 3.20. The summed E-state index contributed by atoms with van der Waals surface area (Å²) in [5, 5.41) is 14.7. The minimum absolute atomic E-state index is 0. The molecule has 1 atom stereocenters. The molecular formula is C19H29ClN2O6. The maximum atomic E-state index is 11.7. The Morgan fingerprint density at radius 1 is 1.11 bits per heavy atom. The highest BCUT2D eigenvalue weighted by Gasteiger charge is 2.18. The predicted molar refractivity (Wildman–Crippen MR) is 106 cm³/mol. The van der Waals surface area contributed by atoms with Gasteiger partial charge in [0, 0.05) is 13.1 Å². The summed E-state index contributed by atoms with van der Waals surface area (Å²) in [6, 6.07) is 9.28. The number of halogens is 1. The van der Waals surface area contributed by atoms with Gasteiger partial charge in [-0.2, -0.15) is 0 Å². The second-order valence-electron chi connectivity index (χ2n) is 6.99. The van der Waals surface area contributed by atoms with Crippen molar-refractivity contribution in [2.24, 2.45) is 0 Å². The van der Waals surface area contributed by atoms with Crippen LogP contribution in [0.1, 0.15) is 39.2 Å². The summed E-state index contributed by atoms with van der Waals surface area (Å²) in [7, 11) is 0. The van der Waals surface area contributed by atoms with Gasteiger partial charge in [0.15, 0.2) is 0 Å². The monoisotopic (exact) mass is 416 g/mol. The Kier molecular flexibility index (Phi) is 11.9. The Morgan fingerprint density at radius 2 is 1.75 bits per heavy atom. The minimum atomic E-state index is -1.05. The van der Waals surface area contributed by atoms with Gasteiger partial charge in [0.1, 0.15) is 12.2 Å². The number of alkyl carbamates (subject to hydrolysis) is 1. The minimum Gasteiger partial charge on any atom is -0.461 e. The maximum Gasteiger partial charge on any atom is 0.407 e. The topological polar surface area (TPSA) is 114 Å². The van der Waals surface area contributed by atoms with Crippen LogP contribution in [0.4, 0.5) is 4.79 Å². The molecule has 1 aromatic rings. The van der Waals surface area contributed by atoms with E-state index in [9.17, 15) is 19.5 Å². The lowest BCUT2D eigenvalue weighted by Crippen LogP contribution is -2.39. The van der Waals surface area contributed by atoms with Gasteiger partial charge in [-0.05, 0) is 26.3 Å². The molecule has 0 fully saturated rings. The van der Waals surface area contributed by atoms with E-state index in [2.05, 4.69) is 10.6 Å². The van der Waals surface area contributed by atoms with E-state index in [-0.39, 0.29) is 44.9 Å². The van der Waals surface area contributed by atoms with Gasteiger partial charge < -0.3 is 25.2 Å². The van der Waals surface area contributed by atoms with E-state index < -0.39 is 29.7 Å². The average molecular weight is 417 g/mol. The van der Waals surface area contributed by atoms with Crippen molar-refractivity contribution in [1.29, 1.82) is 0 Å². The van der Waals surface area contributed by atoms with Gasteiger partial charge in [0.2, 0.25) is 5.91 Å². The summed E-state index contributed by atoms with van der Waals surface area (Å²) < 4.78 is 10.1. The van der Waals surface area contributed by atoms with Crippen molar-refractivity contribution in [2.75, 3.05) is 13.1 Å². The summed E-state index contributed by atoms with van der Waals surface area (Å²) in [5.41, 5.74) is 0.247. The number of esters is 1. The molecule has 0 heterocycles. The molecule has 0 saturated carbocycles. The van der Waals surface area contributed by atoms with E-state index in [1.807, 2.05) is 30.3 Å². The molecule has 0 saturated heterocycles. The van der Waals surface area contributed by atoms with Crippen LogP contribution in [0.15, 0.2) is 30.3 Å². The van der Waals surface area contributed by atoms with Crippen molar-refractivity contribution in [3.05, 3.63) is 35.9 Å². The van der Waals surface area contributed by atoms with E-state index in [0.29, 0.717) is 0 Å². The average Bonchev–Trinajstić information content (AvgIpc) is 2.57. The summed E-state index contributed by atoms with van der Waals surface area (Å²) in [6.07, 6.45) is -1.88. The number of carbonyl (C=O) groups is 3. The fourth-order valence-electron chi connectivity index (χ4n) is 1.99. The first-order valence-corrected chi connectivity index (χ1v) is 8.77. The van der Waals surface area contributed by atoms with Crippen LogP contribution in [0.3, 0.4) is 0 Å². The number of ether oxygens (including phenoxy) is 2. The molecule has 0 radical (unpaired) electrons. The second kappa shape index (κ2) is 13.0. The van der Waals surface area contributed by atoms with Crippen LogP contribution < -0.4 is 10.6 Å². The number of carbonyl (C=O) groups excluding carboxylic acids is 3. The predicted octanol–water partition coefficient (Wildman–Crippen LogP) is 1.93. The first-order valence-electron chi connectivity index (χ1n) is 8.77. The lowest BCUT2D eigenvalue weighted by Gasteiger charge is -2.20. The largest absolute Gasteiger partial charge is 0.461 e. The molecule has 3 N–H and O–H groups in total. The first-order chi connectivity index (χ1) is 12.7. The first kappa shape index (κ1) is 25.7. The van der Waals surface area contributed by atoms with E-state index in [0.717, 1.165) is 5.56 Å². The Morgan fingerprint density at radius 3 is 2.36 bits per heavy atom. The quantitative estimate of drug-likeness (QED) is 0.530. The number of nitrogens with one attached hydrogen (secondary N) is 2. The molecule has 0 aliphatic rings. The number of aliphatic hydroxyl groups excluding tert-OH is 1. The summed E-state index contributed by atoms with van der Waals surface area (Å²) in [6.45, 7) is 5.35. The fraction of sp³-hybridized carbons (Fsp3) is 0.526. The summed E-state index contributed by atoms with van der Waals surface area (Å²) in [4.78, 5) is 34.8. The zero-order chi connectivity index (χ0) is 20.3. The van der Waals surface area contributed by atoms with Gasteiger partial charge in [-0.1, -0.05) is 30.3 Å². The highest BCUT2D eigenvalue weighted by Crippen LogP contribution is 2.06. The third kappa shape index (κ3) is 12.9. The molecule has 0 spiro atoms. The Hall–Kier alpha value is -2.32. The number of aliphatic hydroxyl groups is 1. The van der Waals surface area contributed by atoms with Crippen molar-refractivity contribution in [3.63, 3.8) is 0 Å². The number of rotatable bonds is 9.